The number of nitrogens with one attached hydrogen (secondary N) is 1. The van der Waals surface area contributed by atoms with Crippen LogP contribution in [0.25, 0.3) is 0 Å². The highest BCUT2D eigenvalue weighted by Crippen LogP contribution is 2.20. The van der Waals surface area contributed by atoms with E-state index in [0.29, 0.717) is 6.61 Å². The molecule has 0 fully saturated rings. The van der Waals surface area contributed by atoms with Gasteiger partial charge in [-0.3, -0.25) is 0 Å². The molecule has 0 saturated heterocycles. The Bertz CT molecular complexity index is 411. The lowest BCUT2D eigenvalue weighted by atomic mass is 10.0. The summed E-state index contributed by atoms with van der Waals surface area (Å²) in [4.78, 5) is 0. The van der Waals surface area contributed by atoms with Crippen molar-refractivity contribution in [3.63, 3.8) is 0 Å². The molecule has 2 nitrogen and oxygen atoms in total. The molecule has 1 unspecified atom stereocenters. The van der Waals surface area contributed by atoms with Gasteiger partial charge in [0, 0.05) is 18.4 Å². The number of benzene rings is 1. The van der Waals surface area contributed by atoms with Gasteiger partial charge >= 0.3 is 0 Å². The normalized spacial score (nSPS) is 16.5. The number of hydrogen-bond donors (Lipinski definition) is 1. The summed E-state index contributed by atoms with van der Waals surface area (Å²) in [5.74, 6) is -0.247. The van der Waals surface area contributed by atoms with Gasteiger partial charge in [0.1, 0.15) is 17.4 Å². The van der Waals surface area contributed by atoms with Gasteiger partial charge < -0.3 is 10.1 Å². The molecule has 1 heterocycles. The minimum absolute atomic E-state index is 0.100. The second kappa shape index (κ2) is 5.27. The van der Waals surface area contributed by atoms with Crippen LogP contribution in [0.15, 0.2) is 30.0 Å². The van der Waals surface area contributed by atoms with Gasteiger partial charge in [0.2, 0.25) is 0 Å². The van der Waals surface area contributed by atoms with Crippen molar-refractivity contribution < 1.29 is 13.5 Å². The summed E-state index contributed by atoms with van der Waals surface area (Å²) in [6, 6.07) is 3.74. The number of hydrogen-bond acceptors (Lipinski definition) is 2. The molecule has 2 rings (SSSR count). The Morgan fingerprint density at radius 1 is 1.35 bits per heavy atom. The summed E-state index contributed by atoms with van der Waals surface area (Å²) >= 11 is 0. The van der Waals surface area contributed by atoms with Crippen molar-refractivity contribution in [2.75, 3.05) is 13.7 Å². The third-order valence-electron chi connectivity index (χ3n) is 2.89. The highest BCUT2D eigenvalue weighted by Gasteiger charge is 2.20. The fraction of sp³-hybridized carbons (Fsp3) is 0.385. The van der Waals surface area contributed by atoms with Gasteiger partial charge in [0.05, 0.1) is 12.6 Å². The van der Waals surface area contributed by atoms with Gasteiger partial charge in [-0.25, -0.2) is 8.78 Å². The van der Waals surface area contributed by atoms with Crippen LogP contribution in [0.4, 0.5) is 8.78 Å². The van der Waals surface area contributed by atoms with Crippen LogP contribution in [0.1, 0.15) is 12.0 Å². The Hall–Kier alpha value is -1.42. The average molecular weight is 239 g/mol. The van der Waals surface area contributed by atoms with Crippen LogP contribution >= 0.6 is 0 Å². The van der Waals surface area contributed by atoms with Crippen LogP contribution in [-0.2, 0) is 11.2 Å². The molecule has 0 aliphatic carbocycles. The fourth-order valence-corrected chi connectivity index (χ4v) is 1.96. The summed E-state index contributed by atoms with van der Waals surface area (Å²) in [6.45, 7) is 0.646. The molecule has 17 heavy (non-hydrogen) atoms. The number of halogens is 2. The van der Waals surface area contributed by atoms with Crippen LogP contribution in [-0.4, -0.2) is 19.7 Å². The zero-order chi connectivity index (χ0) is 12.3. The highest BCUT2D eigenvalue weighted by atomic mass is 19.1. The number of ether oxygens (including phenoxy) is 1. The Balaban J connectivity index is 2.18. The molecular formula is C13H15F2NO. The van der Waals surface area contributed by atoms with Gasteiger partial charge in [-0.1, -0.05) is 6.07 Å². The van der Waals surface area contributed by atoms with Gasteiger partial charge in [-0.05, 0) is 25.3 Å². The smallest absolute Gasteiger partial charge is 0.129 e. The lowest BCUT2D eigenvalue weighted by molar-refractivity contribution is 0.216. The van der Waals surface area contributed by atoms with Crippen LogP contribution in [0.2, 0.25) is 0 Å². The van der Waals surface area contributed by atoms with E-state index in [4.69, 9.17) is 4.74 Å². The SMILES string of the molecule is CNC(Cc1c(F)cccc1F)C1=CCCO1. The van der Waals surface area contributed by atoms with E-state index in [0.717, 1.165) is 12.2 Å². The van der Waals surface area contributed by atoms with E-state index in [1.807, 2.05) is 6.08 Å². The number of rotatable bonds is 4. The summed E-state index contributed by atoms with van der Waals surface area (Å²) in [7, 11) is 1.76. The van der Waals surface area contributed by atoms with Crippen molar-refractivity contribution in [2.45, 2.75) is 18.9 Å². The van der Waals surface area contributed by atoms with Crippen LogP contribution in [0.5, 0.6) is 0 Å². The molecule has 0 radical (unpaired) electrons. The quantitative estimate of drug-likeness (QED) is 0.871. The lowest BCUT2D eigenvalue weighted by Crippen LogP contribution is -2.30. The van der Waals surface area contributed by atoms with Gasteiger partial charge in [-0.2, -0.15) is 0 Å². The average Bonchev–Trinajstić information content (AvgIpc) is 2.82. The van der Waals surface area contributed by atoms with E-state index in [1.54, 1.807) is 7.05 Å². The van der Waals surface area contributed by atoms with Crippen LogP contribution in [0.3, 0.4) is 0 Å². The van der Waals surface area contributed by atoms with E-state index < -0.39 is 11.6 Å². The standard InChI is InChI=1S/C13H15F2NO/c1-16-12(13-6-3-7-17-13)8-9-10(14)4-2-5-11(9)15/h2,4-6,12,16H,3,7-8H2,1H3. The first-order chi connectivity index (χ1) is 8.22. The molecular weight excluding hydrogens is 224 g/mol. The molecule has 0 saturated carbocycles. The molecule has 0 spiro atoms. The monoisotopic (exact) mass is 239 g/mol. The summed E-state index contributed by atoms with van der Waals surface area (Å²) in [5, 5.41) is 3.02. The minimum Gasteiger partial charge on any atom is -0.496 e. The van der Waals surface area contributed by atoms with Crippen molar-refractivity contribution >= 4 is 0 Å². The topological polar surface area (TPSA) is 21.3 Å². The van der Waals surface area contributed by atoms with Gasteiger partial charge in [0.15, 0.2) is 0 Å². The lowest BCUT2D eigenvalue weighted by Gasteiger charge is -2.18. The third kappa shape index (κ3) is 2.64. The van der Waals surface area contributed by atoms with Crippen LogP contribution < -0.4 is 5.32 Å². The first-order valence-corrected chi connectivity index (χ1v) is 5.65. The summed E-state index contributed by atoms with van der Waals surface area (Å²) in [6.07, 6.45) is 3.06. The molecule has 0 amide bonds. The van der Waals surface area contributed by atoms with Crippen molar-refractivity contribution in [1.29, 1.82) is 0 Å². The predicted octanol–water partition coefficient (Wildman–Crippen LogP) is 2.40. The van der Waals surface area contributed by atoms with Crippen molar-refractivity contribution in [3.8, 4) is 0 Å². The Morgan fingerprint density at radius 3 is 2.59 bits per heavy atom. The second-order valence-corrected chi connectivity index (χ2v) is 3.99. The second-order valence-electron chi connectivity index (χ2n) is 3.99. The van der Waals surface area contributed by atoms with Crippen molar-refractivity contribution in [2.24, 2.45) is 0 Å². The molecule has 92 valence electrons. The first kappa shape index (κ1) is 12.0. The molecule has 4 heteroatoms. The highest BCUT2D eigenvalue weighted by molar-refractivity contribution is 5.23. The number of likely N-dealkylation sites (N-methyl/N-ethyl adjacent to an activating group) is 1. The van der Waals surface area contributed by atoms with Gasteiger partial charge in [0.25, 0.3) is 0 Å². The molecule has 0 bridgehead atoms. The maximum atomic E-state index is 13.5. The fourth-order valence-electron chi connectivity index (χ4n) is 1.96. The molecule has 1 aromatic carbocycles. The molecule has 1 N–H and O–H groups in total. The molecule has 1 atom stereocenters. The maximum Gasteiger partial charge on any atom is 0.129 e. The van der Waals surface area contributed by atoms with Crippen molar-refractivity contribution in [3.05, 3.63) is 47.2 Å². The molecule has 1 aliphatic rings. The van der Waals surface area contributed by atoms with E-state index in [2.05, 4.69) is 5.32 Å². The summed E-state index contributed by atoms with van der Waals surface area (Å²) in [5.41, 5.74) is 0.100. The van der Waals surface area contributed by atoms with Crippen molar-refractivity contribution in [1.82, 2.24) is 5.32 Å². The van der Waals surface area contributed by atoms with E-state index in [-0.39, 0.29) is 18.0 Å². The van der Waals surface area contributed by atoms with Crippen LogP contribution in [0, 0.1) is 11.6 Å². The predicted molar refractivity (Wildman–Crippen MR) is 61.6 cm³/mol. The van der Waals surface area contributed by atoms with E-state index >= 15 is 0 Å². The zero-order valence-electron chi connectivity index (χ0n) is 9.67. The van der Waals surface area contributed by atoms with E-state index in [1.165, 1.54) is 18.2 Å². The minimum atomic E-state index is -0.510. The van der Waals surface area contributed by atoms with Gasteiger partial charge in [-0.15, -0.1) is 0 Å². The Morgan fingerprint density at radius 2 is 2.06 bits per heavy atom. The maximum absolute atomic E-state index is 13.5. The Labute approximate surface area is 99.3 Å². The molecule has 0 aromatic heterocycles. The van der Waals surface area contributed by atoms with E-state index in [9.17, 15) is 8.78 Å². The Kier molecular flexibility index (Phi) is 3.74. The molecule has 1 aliphatic heterocycles. The zero-order valence-corrected chi connectivity index (χ0v) is 9.67. The first-order valence-electron chi connectivity index (χ1n) is 5.65. The summed E-state index contributed by atoms with van der Waals surface area (Å²) < 4.78 is 32.4. The largest absolute Gasteiger partial charge is 0.496 e. The third-order valence-corrected chi connectivity index (χ3v) is 2.89. The molecule has 1 aromatic rings.